The Morgan fingerprint density at radius 2 is 1.92 bits per heavy atom. The highest BCUT2D eigenvalue weighted by atomic mass is 35.5. The minimum atomic E-state index is -0.271. The monoisotopic (exact) mass is 368 g/mol. The van der Waals surface area contributed by atoms with Crippen molar-refractivity contribution < 1.29 is 9.53 Å². The third-order valence-electron chi connectivity index (χ3n) is 3.59. The lowest BCUT2D eigenvalue weighted by Crippen LogP contribution is -2.24. The molecule has 0 aliphatic heterocycles. The third kappa shape index (κ3) is 4.49. The highest BCUT2D eigenvalue weighted by Crippen LogP contribution is 2.28. The molecular weight excluding hydrogens is 352 g/mol. The molecule has 0 fully saturated rings. The van der Waals surface area contributed by atoms with E-state index in [0.29, 0.717) is 23.0 Å². The van der Waals surface area contributed by atoms with Crippen LogP contribution in [0, 0.1) is 0 Å². The van der Waals surface area contributed by atoms with E-state index in [0.717, 1.165) is 17.1 Å². The first-order valence-electron chi connectivity index (χ1n) is 7.90. The lowest BCUT2D eigenvalue weighted by atomic mass is 10.2. The lowest BCUT2D eigenvalue weighted by Gasteiger charge is -2.10. The Labute approximate surface area is 156 Å². The summed E-state index contributed by atoms with van der Waals surface area (Å²) in [6.45, 7) is 0.340. The summed E-state index contributed by atoms with van der Waals surface area (Å²) in [6.07, 6.45) is 3.26. The molecule has 2 heterocycles. The summed E-state index contributed by atoms with van der Waals surface area (Å²) in [5.41, 5.74) is 2.60. The van der Waals surface area contributed by atoms with Crippen molar-refractivity contribution in [3.05, 3.63) is 77.3 Å². The number of hydrogen-bond acceptors (Lipinski definition) is 5. The van der Waals surface area contributed by atoms with Gasteiger partial charge in [0.1, 0.15) is 11.4 Å². The highest BCUT2D eigenvalue weighted by molar-refractivity contribution is 6.32. The summed E-state index contributed by atoms with van der Waals surface area (Å²) in [5.74, 6) is 0.327. The number of methoxy groups -OCH3 is 1. The number of nitrogens with zero attached hydrogens (tertiary/aromatic N) is 2. The molecule has 0 unspecified atom stereocenters. The molecule has 0 radical (unpaired) electrons. The summed E-state index contributed by atoms with van der Waals surface area (Å²) in [5, 5.41) is 6.49. The van der Waals surface area contributed by atoms with E-state index in [9.17, 15) is 4.79 Å². The first-order chi connectivity index (χ1) is 12.7. The van der Waals surface area contributed by atoms with E-state index in [1.165, 1.54) is 0 Å². The smallest absolute Gasteiger partial charge is 0.270 e. The summed E-state index contributed by atoms with van der Waals surface area (Å²) < 4.78 is 5.14. The number of anilines is 2. The number of hydrogen-bond donors (Lipinski definition) is 2. The van der Waals surface area contributed by atoms with Gasteiger partial charge < -0.3 is 15.4 Å². The maximum absolute atomic E-state index is 12.3. The van der Waals surface area contributed by atoms with Crippen molar-refractivity contribution in [3.63, 3.8) is 0 Å². The lowest BCUT2D eigenvalue weighted by molar-refractivity contribution is 0.0945. The number of halogens is 1. The van der Waals surface area contributed by atoms with Crippen LogP contribution in [0.25, 0.3) is 0 Å². The first-order valence-corrected chi connectivity index (χ1v) is 8.28. The van der Waals surface area contributed by atoms with Gasteiger partial charge in [0.15, 0.2) is 0 Å². The van der Waals surface area contributed by atoms with Crippen molar-refractivity contribution >= 4 is 28.9 Å². The molecule has 132 valence electrons. The fourth-order valence-electron chi connectivity index (χ4n) is 2.31. The Hall–Kier alpha value is -3.12. The predicted octanol–water partition coefficient (Wildman–Crippen LogP) is 3.81. The molecule has 3 aromatic rings. The van der Waals surface area contributed by atoms with Crippen molar-refractivity contribution in [2.24, 2.45) is 0 Å². The van der Waals surface area contributed by atoms with E-state index in [2.05, 4.69) is 20.6 Å². The van der Waals surface area contributed by atoms with E-state index in [1.54, 1.807) is 43.8 Å². The van der Waals surface area contributed by atoms with E-state index in [1.807, 2.05) is 24.3 Å². The number of ether oxygens (including phenoxy) is 1. The average molecular weight is 369 g/mol. The van der Waals surface area contributed by atoms with E-state index >= 15 is 0 Å². The molecule has 3 rings (SSSR count). The van der Waals surface area contributed by atoms with E-state index < -0.39 is 0 Å². The second-order valence-electron chi connectivity index (χ2n) is 5.41. The second kappa shape index (κ2) is 8.31. The Morgan fingerprint density at radius 3 is 2.65 bits per heavy atom. The Morgan fingerprint density at radius 1 is 1.08 bits per heavy atom. The molecule has 1 aromatic carbocycles. The Bertz CT molecular complexity index is 903. The van der Waals surface area contributed by atoms with Crippen molar-refractivity contribution in [2.45, 2.75) is 6.54 Å². The minimum absolute atomic E-state index is 0.271. The number of pyridine rings is 2. The first kappa shape index (κ1) is 17.7. The van der Waals surface area contributed by atoms with Crippen LogP contribution in [0.2, 0.25) is 5.02 Å². The van der Waals surface area contributed by atoms with Crippen molar-refractivity contribution in [1.82, 2.24) is 15.3 Å². The number of carbonyl (C=O) groups is 1. The van der Waals surface area contributed by atoms with Gasteiger partial charge in [-0.15, -0.1) is 0 Å². The van der Waals surface area contributed by atoms with Crippen LogP contribution in [0.1, 0.15) is 16.2 Å². The van der Waals surface area contributed by atoms with Crippen LogP contribution < -0.4 is 15.4 Å². The summed E-state index contributed by atoms with van der Waals surface area (Å²) in [6, 6.07) is 14.4. The molecule has 0 atom stereocenters. The standard InChI is InChI=1S/C19H17ClN4O2/c1-26-18-6-5-13(10-16(18)20)24-14-7-9-22-17(11-14)19(25)23-12-15-4-2-3-8-21-15/h2-11H,12H2,1H3,(H,22,24)(H,23,25). The van der Waals surface area contributed by atoms with Gasteiger partial charge in [-0.2, -0.15) is 0 Å². The molecule has 7 heteroatoms. The third-order valence-corrected chi connectivity index (χ3v) is 3.88. The quantitative estimate of drug-likeness (QED) is 0.691. The molecule has 2 aromatic heterocycles. The van der Waals surface area contributed by atoms with Gasteiger partial charge in [-0.25, -0.2) is 0 Å². The van der Waals surface area contributed by atoms with Gasteiger partial charge >= 0.3 is 0 Å². The molecular formula is C19H17ClN4O2. The number of rotatable bonds is 6. The maximum Gasteiger partial charge on any atom is 0.270 e. The minimum Gasteiger partial charge on any atom is -0.495 e. The van der Waals surface area contributed by atoms with Gasteiger partial charge in [-0.05, 0) is 42.5 Å². The molecule has 0 spiro atoms. The molecule has 0 saturated carbocycles. The summed E-state index contributed by atoms with van der Waals surface area (Å²) in [4.78, 5) is 20.6. The molecule has 6 nitrogen and oxygen atoms in total. The van der Waals surface area contributed by atoms with E-state index in [4.69, 9.17) is 16.3 Å². The van der Waals surface area contributed by atoms with Gasteiger partial charge in [0.05, 0.1) is 24.4 Å². The van der Waals surface area contributed by atoms with Crippen LogP contribution in [-0.4, -0.2) is 23.0 Å². The fourth-order valence-corrected chi connectivity index (χ4v) is 2.57. The summed E-state index contributed by atoms with van der Waals surface area (Å²) in [7, 11) is 1.56. The van der Waals surface area contributed by atoms with Crippen LogP contribution in [-0.2, 0) is 6.54 Å². The topological polar surface area (TPSA) is 76.1 Å². The molecule has 0 aliphatic rings. The zero-order valence-corrected chi connectivity index (χ0v) is 14.8. The average Bonchev–Trinajstić information content (AvgIpc) is 2.67. The van der Waals surface area contributed by atoms with Crippen LogP contribution in [0.5, 0.6) is 5.75 Å². The van der Waals surface area contributed by atoms with Crippen LogP contribution in [0.15, 0.2) is 60.9 Å². The number of nitrogens with one attached hydrogen (secondary N) is 2. The zero-order chi connectivity index (χ0) is 18.4. The number of benzene rings is 1. The molecule has 26 heavy (non-hydrogen) atoms. The molecule has 1 amide bonds. The maximum atomic E-state index is 12.3. The zero-order valence-electron chi connectivity index (χ0n) is 14.1. The van der Waals surface area contributed by atoms with Crippen molar-refractivity contribution in [1.29, 1.82) is 0 Å². The number of amides is 1. The fraction of sp³-hybridized carbons (Fsp3) is 0.105. The van der Waals surface area contributed by atoms with Gasteiger partial charge in [0, 0.05) is 23.8 Å². The van der Waals surface area contributed by atoms with Crippen molar-refractivity contribution in [2.75, 3.05) is 12.4 Å². The Balaban J connectivity index is 1.67. The van der Waals surface area contributed by atoms with Crippen LogP contribution >= 0.6 is 11.6 Å². The van der Waals surface area contributed by atoms with Crippen LogP contribution in [0.4, 0.5) is 11.4 Å². The van der Waals surface area contributed by atoms with Gasteiger partial charge in [0.2, 0.25) is 0 Å². The second-order valence-corrected chi connectivity index (χ2v) is 5.82. The van der Waals surface area contributed by atoms with Gasteiger partial charge in [-0.1, -0.05) is 17.7 Å². The van der Waals surface area contributed by atoms with Gasteiger partial charge in [-0.3, -0.25) is 14.8 Å². The van der Waals surface area contributed by atoms with Crippen LogP contribution in [0.3, 0.4) is 0 Å². The van der Waals surface area contributed by atoms with Gasteiger partial charge in [0.25, 0.3) is 5.91 Å². The Kier molecular flexibility index (Phi) is 5.66. The molecule has 0 aliphatic carbocycles. The predicted molar refractivity (Wildman–Crippen MR) is 101 cm³/mol. The SMILES string of the molecule is COc1ccc(Nc2ccnc(C(=O)NCc3ccccn3)c2)cc1Cl. The molecule has 2 N–H and O–H groups in total. The molecule has 0 saturated heterocycles. The summed E-state index contributed by atoms with van der Waals surface area (Å²) >= 11 is 6.13. The number of carbonyl (C=O) groups excluding carboxylic acids is 1. The largest absolute Gasteiger partial charge is 0.495 e. The van der Waals surface area contributed by atoms with E-state index in [-0.39, 0.29) is 5.91 Å². The normalized spacial score (nSPS) is 10.2. The van der Waals surface area contributed by atoms with Crippen molar-refractivity contribution in [3.8, 4) is 5.75 Å². The highest BCUT2D eigenvalue weighted by Gasteiger charge is 2.09. The molecule has 0 bridgehead atoms. The number of aromatic nitrogens is 2.